The lowest BCUT2D eigenvalue weighted by Gasteiger charge is -2.29. The number of rotatable bonds is 8. The molecule has 32 heavy (non-hydrogen) atoms. The number of thiazole rings is 1. The molecule has 0 N–H and O–H groups in total. The summed E-state index contributed by atoms with van der Waals surface area (Å²) in [6.07, 6.45) is -0.121. The van der Waals surface area contributed by atoms with Gasteiger partial charge in [-0.1, -0.05) is 47.2 Å². The predicted molar refractivity (Wildman–Crippen MR) is 127 cm³/mol. The van der Waals surface area contributed by atoms with E-state index in [4.69, 9.17) is 16.3 Å². The number of carbonyl (C=O) groups excluding carboxylic acids is 1. The summed E-state index contributed by atoms with van der Waals surface area (Å²) in [5.74, 6) is -0.525. The standard InChI is InChI=1S/C22H24ClN3O4S2/c23-18-7-4-8-19-21(18)24-22(31-19)26(11-10-25-12-14-30-15-13-25)20(27)9-16-32(28,29)17-5-2-1-3-6-17/h1-8H,9-16H2. The van der Waals surface area contributed by atoms with Crippen molar-refractivity contribution in [1.82, 2.24) is 9.88 Å². The number of carbonyl (C=O) groups is 1. The van der Waals surface area contributed by atoms with Gasteiger partial charge in [0.25, 0.3) is 0 Å². The Morgan fingerprint density at radius 3 is 2.59 bits per heavy atom. The van der Waals surface area contributed by atoms with Gasteiger partial charge in [0.05, 0.1) is 33.6 Å². The van der Waals surface area contributed by atoms with Crippen molar-refractivity contribution in [1.29, 1.82) is 0 Å². The zero-order chi connectivity index (χ0) is 22.6. The number of anilines is 1. The first-order chi connectivity index (χ1) is 15.4. The van der Waals surface area contributed by atoms with Gasteiger partial charge in [-0.3, -0.25) is 14.6 Å². The number of benzene rings is 2. The molecule has 0 saturated carbocycles. The van der Waals surface area contributed by atoms with Crippen LogP contribution in [0, 0.1) is 0 Å². The van der Waals surface area contributed by atoms with Crippen molar-refractivity contribution in [3.63, 3.8) is 0 Å². The number of nitrogens with zero attached hydrogens (tertiary/aromatic N) is 3. The van der Waals surface area contributed by atoms with Crippen molar-refractivity contribution in [3.05, 3.63) is 53.6 Å². The van der Waals surface area contributed by atoms with Gasteiger partial charge in [-0.25, -0.2) is 13.4 Å². The van der Waals surface area contributed by atoms with E-state index in [1.807, 2.05) is 12.1 Å². The third kappa shape index (κ3) is 5.47. The molecular weight excluding hydrogens is 470 g/mol. The van der Waals surface area contributed by atoms with E-state index < -0.39 is 9.84 Å². The van der Waals surface area contributed by atoms with E-state index in [9.17, 15) is 13.2 Å². The molecule has 170 valence electrons. The number of halogens is 1. The van der Waals surface area contributed by atoms with Gasteiger partial charge >= 0.3 is 0 Å². The monoisotopic (exact) mass is 493 g/mol. The number of hydrogen-bond donors (Lipinski definition) is 0. The third-order valence-corrected chi connectivity index (χ3v) is 8.40. The summed E-state index contributed by atoms with van der Waals surface area (Å²) in [7, 11) is -3.55. The maximum absolute atomic E-state index is 13.2. The minimum Gasteiger partial charge on any atom is -0.379 e. The fourth-order valence-electron chi connectivity index (χ4n) is 3.51. The molecule has 2 heterocycles. The smallest absolute Gasteiger partial charge is 0.229 e. The second-order valence-corrected chi connectivity index (χ2v) is 11.0. The van der Waals surface area contributed by atoms with Crippen molar-refractivity contribution >= 4 is 54.0 Å². The highest BCUT2D eigenvalue weighted by molar-refractivity contribution is 7.91. The first kappa shape index (κ1) is 23.1. The van der Waals surface area contributed by atoms with E-state index in [1.165, 1.54) is 11.3 Å². The molecular formula is C22H24ClN3O4S2. The molecule has 2 aromatic carbocycles. The van der Waals surface area contributed by atoms with Crippen LogP contribution in [0.2, 0.25) is 5.02 Å². The molecule has 7 nitrogen and oxygen atoms in total. The Hall–Kier alpha value is -2.04. The van der Waals surface area contributed by atoms with Gasteiger partial charge in [0.1, 0.15) is 5.52 Å². The lowest BCUT2D eigenvalue weighted by Crippen LogP contribution is -2.43. The van der Waals surface area contributed by atoms with Crippen LogP contribution in [-0.4, -0.2) is 69.4 Å². The number of morpholine rings is 1. The van der Waals surface area contributed by atoms with Crippen LogP contribution in [-0.2, 0) is 19.4 Å². The van der Waals surface area contributed by atoms with Gasteiger partial charge in [0.15, 0.2) is 15.0 Å². The normalized spacial score (nSPS) is 15.2. The van der Waals surface area contributed by atoms with E-state index in [2.05, 4.69) is 9.88 Å². The average Bonchev–Trinajstić information content (AvgIpc) is 3.24. The van der Waals surface area contributed by atoms with Crippen LogP contribution < -0.4 is 4.90 Å². The Labute approximate surface area is 196 Å². The SMILES string of the molecule is O=C(CCS(=O)(=O)c1ccccc1)N(CCN1CCOCC1)c1nc2c(Cl)cccc2s1. The van der Waals surface area contributed by atoms with Crippen LogP contribution in [0.25, 0.3) is 10.2 Å². The molecule has 0 aliphatic carbocycles. The molecule has 10 heteroatoms. The van der Waals surface area contributed by atoms with Crippen molar-refractivity contribution < 1.29 is 17.9 Å². The molecule has 1 aliphatic rings. The van der Waals surface area contributed by atoms with Crippen molar-refractivity contribution in [2.45, 2.75) is 11.3 Å². The summed E-state index contributed by atoms with van der Waals surface area (Å²) in [5.41, 5.74) is 0.648. The molecule has 1 aromatic heterocycles. The molecule has 1 saturated heterocycles. The van der Waals surface area contributed by atoms with Crippen LogP contribution in [0.3, 0.4) is 0 Å². The van der Waals surface area contributed by atoms with Gasteiger partial charge in [0, 0.05) is 32.6 Å². The van der Waals surface area contributed by atoms with E-state index in [0.29, 0.717) is 42.0 Å². The number of fused-ring (bicyclic) bond motifs is 1. The largest absolute Gasteiger partial charge is 0.379 e. The summed E-state index contributed by atoms with van der Waals surface area (Å²) in [4.78, 5) is 21.8. The van der Waals surface area contributed by atoms with Crippen LogP contribution in [0.15, 0.2) is 53.4 Å². The molecule has 4 rings (SSSR count). The fraction of sp³-hybridized carbons (Fsp3) is 0.364. The molecule has 1 fully saturated rings. The van der Waals surface area contributed by atoms with E-state index in [1.54, 1.807) is 41.3 Å². The minimum atomic E-state index is -3.55. The Balaban J connectivity index is 1.53. The summed E-state index contributed by atoms with van der Waals surface area (Å²) in [5, 5.41) is 1.06. The Morgan fingerprint density at radius 1 is 1.12 bits per heavy atom. The average molecular weight is 494 g/mol. The van der Waals surface area contributed by atoms with Crippen molar-refractivity contribution in [2.75, 3.05) is 50.0 Å². The number of ether oxygens (including phenoxy) is 1. The lowest BCUT2D eigenvalue weighted by atomic mass is 10.3. The van der Waals surface area contributed by atoms with E-state index in [-0.39, 0.29) is 23.0 Å². The van der Waals surface area contributed by atoms with Gasteiger partial charge < -0.3 is 4.74 Å². The van der Waals surface area contributed by atoms with Gasteiger partial charge in [-0.2, -0.15) is 0 Å². The summed E-state index contributed by atoms with van der Waals surface area (Å²) in [6, 6.07) is 13.7. The third-order valence-electron chi connectivity index (χ3n) is 5.32. The quantitative estimate of drug-likeness (QED) is 0.478. The number of aromatic nitrogens is 1. The highest BCUT2D eigenvalue weighted by Gasteiger charge is 2.24. The maximum atomic E-state index is 13.2. The van der Waals surface area contributed by atoms with E-state index >= 15 is 0 Å². The van der Waals surface area contributed by atoms with E-state index in [0.717, 1.165) is 17.8 Å². The molecule has 0 spiro atoms. The molecule has 0 bridgehead atoms. The molecule has 0 atom stereocenters. The zero-order valence-electron chi connectivity index (χ0n) is 17.4. The maximum Gasteiger partial charge on any atom is 0.229 e. The Bertz CT molecular complexity index is 1180. The molecule has 1 aliphatic heterocycles. The molecule has 0 unspecified atom stereocenters. The highest BCUT2D eigenvalue weighted by Crippen LogP contribution is 2.33. The topological polar surface area (TPSA) is 79.8 Å². The second kappa shape index (κ2) is 10.3. The number of amides is 1. The lowest BCUT2D eigenvalue weighted by molar-refractivity contribution is -0.118. The number of para-hydroxylation sites is 1. The molecule has 3 aromatic rings. The highest BCUT2D eigenvalue weighted by atomic mass is 35.5. The predicted octanol–water partition coefficient (Wildman–Crippen LogP) is 3.48. The van der Waals surface area contributed by atoms with Crippen LogP contribution in [0.5, 0.6) is 0 Å². The summed E-state index contributed by atoms with van der Waals surface area (Å²) >= 11 is 7.66. The van der Waals surface area contributed by atoms with Crippen LogP contribution >= 0.6 is 22.9 Å². The molecule has 1 amide bonds. The van der Waals surface area contributed by atoms with Gasteiger partial charge in [-0.15, -0.1) is 0 Å². The second-order valence-electron chi connectivity index (χ2n) is 7.46. The minimum absolute atomic E-state index is 0.121. The Kier molecular flexibility index (Phi) is 7.42. The van der Waals surface area contributed by atoms with Gasteiger partial charge in [0.2, 0.25) is 5.91 Å². The van der Waals surface area contributed by atoms with Crippen molar-refractivity contribution in [3.8, 4) is 0 Å². The summed E-state index contributed by atoms with van der Waals surface area (Å²) < 4.78 is 31.6. The first-order valence-electron chi connectivity index (χ1n) is 10.4. The van der Waals surface area contributed by atoms with Crippen LogP contribution in [0.1, 0.15) is 6.42 Å². The summed E-state index contributed by atoms with van der Waals surface area (Å²) in [6.45, 7) is 4.01. The van der Waals surface area contributed by atoms with Gasteiger partial charge in [-0.05, 0) is 24.3 Å². The Morgan fingerprint density at radius 2 is 1.88 bits per heavy atom. The van der Waals surface area contributed by atoms with Crippen LogP contribution in [0.4, 0.5) is 5.13 Å². The number of hydrogen-bond acceptors (Lipinski definition) is 7. The molecule has 0 radical (unpaired) electrons. The zero-order valence-corrected chi connectivity index (χ0v) is 19.8. The van der Waals surface area contributed by atoms with Crippen molar-refractivity contribution in [2.24, 2.45) is 0 Å². The number of sulfone groups is 1. The first-order valence-corrected chi connectivity index (χ1v) is 13.2. The fourth-order valence-corrected chi connectivity index (χ4v) is 6.07.